The number of ether oxygens (including phenoxy) is 1. The molecule has 1 aromatic carbocycles. The Morgan fingerprint density at radius 1 is 1.21 bits per heavy atom. The summed E-state index contributed by atoms with van der Waals surface area (Å²) < 4.78 is 4.69. The third-order valence-corrected chi connectivity index (χ3v) is 2.29. The maximum absolute atomic E-state index is 11.6. The molecule has 7 heteroatoms. The van der Waals surface area contributed by atoms with Gasteiger partial charge in [-0.3, -0.25) is 4.79 Å². The van der Waals surface area contributed by atoms with Gasteiger partial charge in [0.1, 0.15) is 11.3 Å². The van der Waals surface area contributed by atoms with Gasteiger partial charge in [0, 0.05) is 0 Å². The first kappa shape index (κ1) is 14.5. The van der Waals surface area contributed by atoms with E-state index in [-0.39, 0.29) is 11.3 Å². The summed E-state index contributed by atoms with van der Waals surface area (Å²) in [7, 11) is 0. The molecule has 0 saturated heterocycles. The van der Waals surface area contributed by atoms with Crippen molar-refractivity contribution in [1.82, 2.24) is 0 Å². The molecule has 1 N–H and O–H groups in total. The SMILES string of the molecule is CC(C)(N=O)C(=O)C(=O)Oc1ccccc1C(=O)O. The van der Waals surface area contributed by atoms with Gasteiger partial charge in [0.2, 0.25) is 0 Å². The highest BCUT2D eigenvalue weighted by atomic mass is 16.5. The minimum absolute atomic E-state index is 0.263. The van der Waals surface area contributed by atoms with E-state index in [2.05, 4.69) is 9.91 Å². The lowest BCUT2D eigenvalue weighted by molar-refractivity contribution is -0.149. The fourth-order valence-corrected chi connectivity index (χ4v) is 1.17. The minimum Gasteiger partial charge on any atom is -0.478 e. The highest BCUT2D eigenvalue weighted by Crippen LogP contribution is 2.19. The first-order valence-electron chi connectivity index (χ1n) is 5.23. The van der Waals surface area contributed by atoms with Crippen molar-refractivity contribution in [2.24, 2.45) is 5.18 Å². The van der Waals surface area contributed by atoms with E-state index in [0.29, 0.717) is 0 Å². The van der Waals surface area contributed by atoms with Gasteiger partial charge in [0.15, 0.2) is 5.54 Å². The number of ketones is 1. The van der Waals surface area contributed by atoms with Crippen LogP contribution in [0.4, 0.5) is 0 Å². The molecule has 0 fully saturated rings. The Labute approximate surface area is 108 Å². The number of carbonyl (C=O) groups excluding carboxylic acids is 2. The van der Waals surface area contributed by atoms with E-state index in [0.717, 1.165) is 13.8 Å². The summed E-state index contributed by atoms with van der Waals surface area (Å²) in [6.07, 6.45) is 0. The summed E-state index contributed by atoms with van der Waals surface area (Å²) in [5, 5.41) is 11.4. The first-order valence-corrected chi connectivity index (χ1v) is 5.23. The predicted molar refractivity (Wildman–Crippen MR) is 63.9 cm³/mol. The summed E-state index contributed by atoms with van der Waals surface area (Å²) in [5.74, 6) is -4.06. The van der Waals surface area contributed by atoms with Crippen LogP contribution in [0.15, 0.2) is 29.4 Å². The number of para-hydroxylation sites is 1. The Kier molecular flexibility index (Phi) is 4.11. The molecule has 1 aromatic rings. The van der Waals surface area contributed by atoms with Crippen LogP contribution in [0.3, 0.4) is 0 Å². The topological polar surface area (TPSA) is 110 Å². The van der Waals surface area contributed by atoms with Crippen LogP contribution >= 0.6 is 0 Å². The Bertz CT molecular complexity index is 549. The van der Waals surface area contributed by atoms with Gasteiger partial charge in [-0.25, -0.2) is 9.59 Å². The number of nitroso groups, excluding NO2 is 1. The van der Waals surface area contributed by atoms with Crippen LogP contribution in [0.25, 0.3) is 0 Å². The summed E-state index contributed by atoms with van der Waals surface area (Å²) in [6.45, 7) is 2.32. The summed E-state index contributed by atoms with van der Waals surface area (Å²) in [6, 6.07) is 5.34. The van der Waals surface area contributed by atoms with Crippen molar-refractivity contribution < 1.29 is 24.2 Å². The number of nitrogens with zero attached hydrogens (tertiary/aromatic N) is 1. The number of aromatic carboxylic acids is 1. The number of rotatable bonds is 5. The normalized spacial score (nSPS) is 10.6. The van der Waals surface area contributed by atoms with Crippen LogP contribution < -0.4 is 4.74 Å². The smallest absolute Gasteiger partial charge is 0.382 e. The van der Waals surface area contributed by atoms with Crippen molar-refractivity contribution in [3.8, 4) is 5.75 Å². The predicted octanol–water partition coefficient (Wildman–Crippen LogP) is 1.40. The molecule has 0 atom stereocenters. The molecule has 0 aliphatic carbocycles. The molecule has 0 heterocycles. The number of benzene rings is 1. The monoisotopic (exact) mass is 265 g/mol. The number of esters is 1. The van der Waals surface area contributed by atoms with Gasteiger partial charge < -0.3 is 9.84 Å². The zero-order valence-corrected chi connectivity index (χ0v) is 10.2. The van der Waals surface area contributed by atoms with Gasteiger partial charge in [-0.2, -0.15) is 0 Å². The van der Waals surface area contributed by atoms with Gasteiger partial charge in [0.25, 0.3) is 5.78 Å². The van der Waals surface area contributed by atoms with E-state index in [4.69, 9.17) is 5.11 Å². The van der Waals surface area contributed by atoms with E-state index in [9.17, 15) is 19.3 Å². The lowest BCUT2D eigenvalue weighted by Gasteiger charge is -2.12. The number of carboxylic acid groups (broad SMARTS) is 1. The molecule has 7 nitrogen and oxygen atoms in total. The molecule has 1 rings (SSSR count). The number of carbonyl (C=O) groups is 3. The quantitative estimate of drug-likeness (QED) is 0.373. The molecule has 0 aliphatic rings. The third-order valence-electron chi connectivity index (χ3n) is 2.29. The summed E-state index contributed by atoms with van der Waals surface area (Å²) in [5.41, 5.74) is -2.02. The number of hydrogen-bond acceptors (Lipinski definition) is 6. The van der Waals surface area contributed by atoms with Gasteiger partial charge >= 0.3 is 11.9 Å². The van der Waals surface area contributed by atoms with E-state index in [1.165, 1.54) is 24.3 Å². The molecule has 0 spiro atoms. The lowest BCUT2D eigenvalue weighted by Crippen LogP contribution is -2.38. The van der Waals surface area contributed by atoms with E-state index >= 15 is 0 Å². The van der Waals surface area contributed by atoms with Gasteiger partial charge in [-0.15, -0.1) is 4.91 Å². The Hall–Kier alpha value is -2.57. The van der Waals surface area contributed by atoms with Crippen LogP contribution in [-0.2, 0) is 9.59 Å². The Morgan fingerprint density at radius 3 is 2.32 bits per heavy atom. The van der Waals surface area contributed by atoms with Crippen molar-refractivity contribution in [1.29, 1.82) is 0 Å². The molecular formula is C12H11NO6. The molecule has 0 bridgehead atoms. The van der Waals surface area contributed by atoms with Crippen molar-refractivity contribution in [2.45, 2.75) is 19.4 Å². The summed E-state index contributed by atoms with van der Waals surface area (Å²) in [4.78, 5) is 44.4. The molecule has 100 valence electrons. The second kappa shape index (κ2) is 5.38. The standard InChI is InChI=1S/C12H11NO6/c1-12(2,13-18)9(14)11(17)19-8-6-4-3-5-7(8)10(15)16/h3-6H,1-2H3,(H,15,16). The largest absolute Gasteiger partial charge is 0.478 e. The highest BCUT2D eigenvalue weighted by Gasteiger charge is 2.36. The van der Waals surface area contributed by atoms with E-state index < -0.39 is 23.3 Å². The van der Waals surface area contributed by atoms with Crippen molar-refractivity contribution in [3.63, 3.8) is 0 Å². The molecule has 0 unspecified atom stereocenters. The number of carboxylic acids is 1. The van der Waals surface area contributed by atoms with Gasteiger partial charge in [0.05, 0.1) is 0 Å². The number of Topliss-reactive ketones (excluding diaryl/α,β-unsaturated/α-hetero) is 1. The van der Waals surface area contributed by atoms with E-state index in [1.54, 1.807) is 0 Å². The fraction of sp³-hybridized carbons (Fsp3) is 0.250. The first-order chi connectivity index (χ1) is 8.79. The fourth-order valence-electron chi connectivity index (χ4n) is 1.17. The average Bonchev–Trinajstić information content (AvgIpc) is 2.38. The molecule has 0 radical (unpaired) electrons. The second-order valence-corrected chi connectivity index (χ2v) is 4.17. The molecular weight excluding hydrogens is 254 g/mol. The van der Waals surface area contributed by atoms with Crippen molar-refractivity contribution >= 4 is 17.7 Å². The maximum Gasteiger partial charge on any atom is 0.382 e. The van der Waals surface area contributed by atoms with Crippen LogP contribution in [0, 0.1) is 4.91 Å². The molecule has 0 aromatic heterocycles. The Balaban J connectivity index is 2.98. The van der Waals surface area contributed by atoms with E-state index in [1.807, 2.05) is 0 Å². The Morgan fingerprint density at radius 2 is 1.79 bits per heavy atom. The highest BCUT2D eigenvalue weighted by molar-refractivity contribution is 6.37. The van der Waals surface area contributed by atoms with Crippen LogP contribution in [0.1, 0.15) is 24.2 Å². The van der Waals surface area contributed by atoms with Crippen molar-refractivity contribution in [2.75, 3.05) is 0 Å². The van der Waals surface area contributed by atoms with Crippen molar-refractivity contribution in [3.05, 3.63) is 34.7 Å². The third kappa shape index (κ3) is 3.21. The number of hydrogen-bond donors (Lipinski definition) is 1. The molecule has 0 amide bonds. The maximum atomic E-state index is 11.6. The average molecular weight is 265 g/mol. The zero-order chi connectivity index (χ0) is 14.6. The molecule has 0 aliphatic heterocycles. The zero-order valence-electron chi connectivity index (χ0n) is 10.2. The van der Waals surface area contributed by atoms with Crippen LogP contribution in [-0.4, -0.2) is 28.4 Å². The summed E-state index contributed by atoms with van der Waals surface area (Å²) >= 11 is 0. The van der Waals surface area contributed by atoms with Crippen LogP contribution in [0.2, 0.25) is 0 Å². The minimum atomic E-state index is -1.75. The second-order valence-electron chi connectivity index (χ2n) is 4.17. The lowest BCUT2D eigenvalue weighted by atomic mass is 10.0. The van der Waals surface area contributed by atoms with Crippen LogP contribution in [0.5, 0.6) is 5.75 Å². The molecule has 0 saturated carbocycles. The molecule has 19 heavy (non-hydrogen) atoms. The van der Waals surface area contributed by atoms with Gasteiger partial charge in [-0.1, -0.05) is 17.3 Å². The van der Waals surface area contributed by atoms with Gasteiger partial charge in [-0.05, 0) is 26.0 Å².